The fourth-order valence-corrected chi connectivity index (χ4v) is 6.89. The van der Waals surface area contributed by atoms with E-state index in [1.807, 2.05) is 0 Å². The smallest absolute Gasteiger partial charge is 0.0675 e. The van der Waals surface area contributed by atoms with Crippen molar-refractivity contribution in [1.29, 1.82) is 0 Å². The van der Waals surface area contributed by atoms with Gasteiger partial charge in [-0.15, -0.1) is 0 Å². The largest absolute Gasteiger partial charge is 0.393 e. The number of fused-ring (bicyclic) bond motifs is 5. The first-order valence-corrected chi connectivity index (χ1v) is 9.38. The van der Waals surface area contributed by atoms with Crippen molar-refractivity contribution in [2.45, 2.75) is 83.8 Å². The Labute approximate surface area is 135 Å². The first kappa shape index (κ1) is 15.2. The first-order chi connectivity index (χ1) is 10.3. The SMILES string of the molecule is C[C@]12CC[C@H](O)CC1=CC[C@H]1[C@H]2CC[C@@]2(C)[C@H]1CC[C@]2(C)O. The highest BCUT2D eigenvalue weighted by atomic mass is 16.3. The third-order valence-electron chi connectivity index (χ3n) is 8.64. The highest BCUT2D eigenvalue weighted by Crippen LogP contribution is 2.66. The monoisotopic (exact) mass is 304 g/mol. The van der Waals surface area contributed by atoms with Crippen LogP contribution in [0, 0.1) is 28.6 Å². The van der Waals surface area contributed by atoms with Crippen LogP contribution in [0.3, 0.4) is 0 Å². The van der Waals surface area contributed by atoms with Gasteiger partial charge in [-0.2, -0.15) is 0 Å². The molecule has 4 aliphatic carbocycles. The molecule has 0 aromatic rings. The fourth-order valence-electron chi connectivity index (χ4n) is 6.89. The van der Waals surface area contributed by atoms with E-state index in [1.54, 1.807) is 5.57 Å². The van der Waals surface area contributed by atoms with E-state index in [2.05, 4.69) is 26.8 Å². The minimum Gasteiger partial charge on any atom is -0.393 e. The molecule has 22 heavy (non-hydrogen) atoms. The van der Waals surface area contributed by atoms with Crippen molar-refractivity contribution < 1.29 is 10.2 Å². The van der Waals surface area contributed by atoms with E-state index in [-0.39, 0.29) is 11.5 Å². The van der Waals surface area contributed by atoms with Crippen molar-refractivity contribution in [3.63, 3.8) is 0 Å². The van der Waals surface area contributed by atoms with Crippen molar-refractivity contribution in [2.75, 3.05) is 0 Å². The van der Waals surface area contributed by atoms with Gasteiger partial charge in [0.1, 0.15) is 0 Å². The number of allylic oxidation sites excluding steroid dienone is 1. The molecule has 4 aliphatic rings. The zero-order valence-electron chi connectivity index (χ0n) is 14.4. The average Bonchev–Trinajstić information content (AvgIpc) is 2.70. The zero-order chi connectivity index (χ0) is 15.8. The van der Waals surface area contributed by atoms with Gasteiger partial charge in [-0.25, -0.2) is 0 Å². The van der Waals surface area contributed by atoms with Crippen molar-refractivity contribution in [3.05, 3.63) is 11.6 Å². The van der Waals surface area contributed by atoms with E-state index in [9.17, 15) is 10.2 Å². The van der Waals surface area contributed by atoms with Gasteiger partial charge in [0.05, 0.1) is 11.7 Å². The standard InChI is InChI=1S/C20H32O2/c1-18-9-6-14(21)12-13(18)4-5-15-16(18)7-10-19(2)17(15)8-11-20(19,3)22/h4,14-17,21-22H,5-12H2,1-3H3/t14-,15-,16+,17-,18-,19-,20-/m0/s1. The van der Waals surface area contributed by atoms with Gasteiger partial charge in [0.15, 0.2) is 0 Å². The third kappa shape index (κ3) is 1.80. The second-order valence-corrected chi connectivity index (χ2v) is 9.42. The summed E-state index contributed by atoms with van der Waals surface area (Å²) < 4.78 is 0. The van der Waals surface area contributed by atoms with Gasteiger partial charge in [-0.3, -0.25) is 0 Å². The van der Waals surface area contributed by atoms with E-state index in [0.717, 1.165) is 37.5 Å². The molecule has 0 aliphatic heterocycles. The molecule has 0 saturated heterocycles. The van der Waals surface area contributed by atoms with Crippen LogP contribution in [0.25, 0.3) is 0 Å². The van der Waals surface area contributed by atoms with Crippen LogP contribution >= 0.6 is 0 Å². The van der Waals surface area contributed by atoms with Gasteiger partial charge in [0.2, 0.25) is 0 Å². The lowest BCUT2D eigenvalue weighted by Crippen LogP contribution is -2.53. The van der Waals surface area contributed by atoms with Gasteiger partial charge in [0.25, 0.3) is 0 Å². The second kappa shape index (κ2) is 4.60. The quantitative estimate of drug-likeness (QED) is 0.663. The summed E-state index contributed by atoms with van der Waals surface area (Å²) in [6.07, 6.45) is 11.2. The minimum atomic E-state index is -0.476. The molecule has 0 spiro atoms. The Morgan fingerprint density at radius 1 is 1.00 bits per heavy atom. The Morgan fingerprint density at radius 3 is 2.50 bits per heavy atom. The average molecular weight is 304 g/mol. The van der Waals surface area contributed by atoms with Crippen LogP contribution in [0.5, 0.6) is 0 Å². The first-order valence-electron chi connectivity index (χ1n) is 9.38. The Hall–Kier alpha value is -0.340. The maximum Gasteiger partial charge on any atom is 0.0675 e. The summed E-state index contributed by atoms with van der Waals surface area (Å²) in [5.41, 5.74) is 1.50. The molecule has 0 aromatic heterocycles. The van der Waals surface area contributed by atoms with Gasteiger partial charge in [-0.05, 0) is 86.9 Å². The Bertz CT molecular complexity index is 508. The lowest BCUT2D eigenvalue weighted by molar-refractivity contribution is -0.115. The molecule has 2 heteroatoms. The molecule has 7 atom stereocenters. The van der Waals surface area contributed by atoms with Crippen LogP contribution in [0.15, 0.2) is 11.6 Å². The minimum absolute atomic E-state index is 0.114. The maximum absolute atomic E-state index is 10.9. The van der Waals surface area contributed by atoms with Crippen LogP contribution in [-0.2, 0) is 0 Å². The molecule has 3 saturated carbocycles. The van der Waals surface area contributed by atoms with Crippen molar-refractivity contribution >= 4 is 0 Å². The van der Waals surface area contributed by atoms with Crippen LogP contribution in [0.1, 0.15) is 72.1 Å². The summed E-state index contributed by atoms with van der Waals surface area (Å²) in [7, 11) is 0. The molecule has 4 rings (SSSR count). The number of aliphatic hydroxyl groups is 2. The molecular formula is C20H32O2. The number of hydrogen-bond donors (Lipinski definition) is 2. The highest BCUT2D eigenvalue weighted by Gasteiger charge is 2.61. The Kier molecular flexibility index (Phi) is 3.18. The molecular weight excluding hydrogens is 272 g/mol. The van der Waals surface area contributed by atoms with E-state index < -0.39 is 5.60 Å². The summed E-state index contributed by atoms with van der Waals surface area (Å²) in [5.74, 6) is 2.20. The summed E-state index contributed by atoms with van der Waals surface area (Å²) in [6.45, 7) is 6.90. The summed E-state index contributed by atoms with van der Waals surface area (Å²) in [5, 5.41) is 21.0. The number of aliphatic hydroxyl groups excluding tert-OH is 1. The molecule has 2 N–H and O–H groups in total. The molecule has 124 valence electrons. The maximum atomic E-state index is 10.9. The topological polar surface area (TPSA) is 40.5 Å². The van der Waals surface area contributed by atoms with E-state index in [0.29, 0.717) is 11.3 Å². The van der Waals surface area contributed by atoms with Gasteiger partial charge in [0, 0.05) is 0 Å². The summed E-state index contributed by atoms with van der Waals surface area (Å²) >= 11 is 0. The zero-order valence-corrected chi connectivity index (χ0v) is 14.4. The van der Waals surface area contributed by atoms with Crippen LogP contribution < -0.4 is 0 Å². The molecule has 0 heterocycles. The predicted molar refractivity (Wildman–Crippen MR) is 88.3 cm³/mol. The summed E-state index contributed by atoms with van der Waals surface area (Å²) in [6, 6.07) is 0. The third-order valence-corrected chi connectivity index (χ3v) is 8.64. The molecule has 0 radical (unpaired) electrons. The van der Waals surface area contributed by atoms with Gasteiger partial charge < -0.3 is 10.2 Å². The molecule has 0 unspecified atom stereocenters. The lowest BCUT2D eigenvalue weighted by atomic mass is 9.47. The number of hydrogen-bond acceptors (Lipinski definition) is 2. The molecule has 0 amide bonds. The van der Waals surface area contributed by atoms with E-state index in [4.69, 9.17) is 0 Å². The van der Waals surface area contributed by atoms with Gasteiger partial charge in [-0.1, -0.05) is 25.5 Å². The van der Waals surface area contributed by atoms with Crippen molar-refractivity contribution in [1.82, 2.24) is 0 Å². The highest BCUT2D eigenvalue weighted by molar-refractivity contribution is 5.26. The molecule has 3 fully saturated rings. The van der Waals surface area contributed by atoms with Crippen LogP contribution in [0.2, 0.25) is 0 Å². The Balaban J connectivity index is 1.69. The molecule has 0 aromatic carbocycles. The van der Waals surface area contributed by atoms with Crippen LogP contribution in [0.4, 0.5) is 0 Å². The van der Waals surface area contributed by atoms with Crippen molar-refractivity contribution in [3.8, 4) is 0 Å². The van der Waals surface area contributed by atoms with Crippen molar-refractivity contribution in [2.24, 2.45) is 28.6 Å². The molecule has 0 bridgehead atoms. The van der Waals surface area contributed by atoms with E-state index >= 15 is 0 Å². The lowest BCUT2D eigenvalue weighted by Gasteiger charge is -2.58. The number of rotatable bonds is 0. The normalized spacial score (nSPS) is 57.6. The fraction of sp³-hybridized carbons (Fsp3) is 0.900. The Morgan fingerprint density at radius 2 is 1.73 bits per heavy atom. The summed E-state index contributed by atoms with van der Waals surface area (Å²) in [4.78, 5) is 0. The van der Waals surface area contributed by atoms with Crippen LogP contribution in [-0.4, -0.2) is 21.9 Å². The van der Waals surface area contributed by atoms with Gasteiger partial charge >= 0.3 is 0 Å². The predicted octanol–water partition coefficient (Wildman–Crippen LogP) is 4.06. The van der Waals surface area contributed by atoms with E-state index in [1.165, 1.54) is 25.7 Å². The molecule has 2 nitrogen and oxygen atoms in total. The second-order valence-electron chi connectivity index (χ2n) is 9.42.